The highest BCUT2D eigenvalue weighted by Crippen LogP contribution is 2.20. The van der Waals surface area contributed by atoms with Crippen molar-refractivity contribution in [3.8, 4) is 6.07 Å². The lowest BCUT2D eigenvalue weighted by molar-refractivity contribution is 0.586. The zero-order chi connectivity index (χ0) is 11.6. The predicted octanol–water partition coefficient (Wildman–Crippen LogP) is 0.967. The first-order chi connectivity index (χ1) is 7.59. The van der Waals surface area contributed by atoms with Gasteiger partial charge in [0.2, 0.25) is 0 Å². The maximum atomic E-state index is 11.5. The Morgan fingerprint density at radius 2 is 2.12 bits per heavy atom. The molecule has 0 amide bonds. The SMILES string of the molecule is N#Cc1cccc(NS(=O)(=O)NC2CC2)c1. The average Bonchev–Trinajstić information content (AvgIpc) is 3.00. The molecule has 1 fully saturated rings. The lowest BCUT2D eigenvalue weighted by Crippen LogP contribution is -2.31. The number of nitrogens with one attached hydrogen (secondary N) is 2. The van der Waals surface area contributed by atoms with Crippen LogP contribution in [0.1, 0.15) is 18.4 Å². The lowest BCUT2D eigenvalue weighted by Gasteiger charge is -2.08. The van der Waals surface area contributed by atoms with Crippen LogP contribution in [0.3, 0.4) is 0 Å². The molecule has 1 aromatic rings. The Balaban J connectivity index is 2.10. The normalized spacial score (nSPS) is 15.4. The zero-order valence-corrected chi connectivity index (χ0v) is 9.29. The quantitative estimate of drug-likeness (QED) is 0.818. The second-order valence-electron chi connectivity index (χ2n) is 3.69. The van der Waals surface area contributed by atoms with Crippen LogP contribution in [-0.2, 0) is 10.2 Å². The van der Waals surface area contributed by atoms with Gasteiger partial charge in [-0.1, -0.05) is 6.07 Å². The van der Waals surface area contributed by atoms with E-state index in [1.54, 1.807) is 18.2 Å². The second-order valence-corrected chi connectivity index (χ2v) is 5.14. The highest BCUT2D eigenvalue weighted by Gasteiger charge is 2.26. The number of rotatable bonds is 4. The molecule has 6 heteroatoms. The van der Waals surface area contributed by atoms with Crippen LogP contribution >= 0.6 is 0 Å². The zero-order valence-electron chi connectivity index (χ0n) is 8.47. The van der Waals surface area contributed by atoms with Crippen LogP contribution < -0.4 is 9.44 Å². The van der Waals surface area contributed by atoms with Crippen molar-refractivity contribution < 1.29 is 8.42 Å². The van der Waals surface area contributed by atoms with E-state index in [0.717, 1.165) is 12.8 Å². The molecule has 0 saturated heterocycles. The van der Waals surface area contributed by atoms with E-state index in [9.17, 15) is 8.42 Å². The molecule has 2 N–H and O–H groups in total. The van der Waals surface area contributed by atoms with Crippen molar-refractivity contribution in [2.45, 2.75) is 18.9 Å². The summed E-state index contributed by atoms with van der Waals surface area (Å²) in [5.41, 5.74) is 0.818. The molecule has 0 aromatic heterocycles. The minimum Gasteiger partial charge on any atom is -0.271 e. The average molecular weight is 237 g/mol. The maximum Gasteiger partial charge on any atom is 0.299 e. The van der Waals surface area contributed by atoms with Crippen molar-refractivity contribution in [3.63, 3.8) is 0 Å². The summed E-state index contributed by atoms with van der Waals surface area (Å²) >= 11 is 0. The van der Waals surface area contributed by atoms with Gasteiger partial charge < -0.3 is 0 Å². The van der Waals surface area contributed by atoms with Gasteiger partial charge in [-0.3, -0.25) is 4.72 Å². The van der Waals surface area contributed by atoms with E-state index in [0.29, 0.717) is 11.3 Å². The van der Waals surface area contributed by atoms with Crippen molar-refractivity contribution in [1.82, 2.24) is 4.72 Å². The van der Waals surface area contributed by atoms with E-state index >= 15 is 0 Å². The van der Waals surface area contributed by atoms with E-state index in [-0.39, 0.29) is 6.04 Å². The van der Waals surface area contributed by atoms with E-state index in [1.165, 1.54) is 6.07 Å². The molecule has 0 aliphatic heterocycles. The van der Waals surface area contributed by atoms with Gasteiger partial charge in [0.05, 0.1) is 17.3 Å². The summed E-state index contributed by atoms with van der Waals surface area (Å²) in [6.07, 6.45) is 1.78. The van der Waals surface area contributed by atoms with Gasteiger partial charge in [-0.15, -0.1) is 0 Å². The first-order valence-corrected chi connectivity index (χ1v) is 6.37. The molecule has 0 bridgehead atoms. The number of anilines is 1. The Kier molecular flexibility index (Phi) is 2.81. The Labute approximate surface area is 94.3 Å². The van der Waals surface area contributed by atoms with Crippen molar-refractivity contribution in [1.29, 1.82) is 5.26 Å². The summed E-state index contributed by atoms with van der Waals surface area (Å²) in [5.74, 6) is 0. The largest absolute Gasteiger partial charge is 0.299 e. The molecular weight excluding hydrogens is 226 g/mol. The van der Waals surface area contributed by atoms with Crippen LogP contribution in [0, 0.1) is 11.3 Å². The van der Waals surface area contributed by atoms with E-state index < -0.39 is 10.2 Å². The van der Waals surface area contributed by atoms with E-state index in [2.05, 4.69) is 9.44 Å². The van der Waals surface area contributed by atoms with E-state index in [4.69, 9.17) is 5.26 Å². The van der Waals surface area contributed by atoms with Gasteiger partial charge in [-0.05, 0) is 31.0 Å². The number of benzene rings is 1. The summed E-state index contributed by atoms with van der Waals surface area (Å²) < 4.78 is 28.0. The lowest BCUT2D eigenvalue weighted by atomic mass is 10.2. The summed E-state index contributed by atoms with van der Waals surface area (Å²) in [6.45, 7) is 0. The topological polar surface area (TPSA) is 82.0 Å². The van der Waals surface area contributed by atoms with Crippen molar-refractivity contribution in [3.05, 3.63) is 29.8 Å². The van der Waals surface area contributed by atoms with Gasteiger partial charge in [0, 0.05) is 6.04 Å². The van der Waals surface area contributed by atoms with Crippen LogP contribution in [-0.4, -0.2) is 14.5 Å². The minimum atomic E-state index is -3.51. The van der Waals surface area contributed by atoms with Gasteiger partial charge in [0.25, 0.3) is 10.2 Å². The van der Waals surface area contributed by atoms with Gasteiger partial charge in [0.15, 0.2) is 0 Å². The Morgan fingerprint density at radius 3 is 2.75 bits per heavy atom. The molecule has 5 nitrogen and oxygen atoms in total. The number of hydrogen-bond donors (Lipinski definition) is 2. The number of hydrogen-bond acceptors (Lipinski definition) is 3. The molecule has 1 aromatic carbocycles. The highest BCUT2D eigenvalue weighted by atomic mass is 32.2. The molecule has 0 spiro atoms. The highest BCUT2D eigenvalue weighted by molar-refractivity contribution is 7.90. The monoisotopic (exact) mass is 237 g/mol. The Bertz CT molecular complexity index is 529. The molecule has 0 radical (unpaired) electrons. The van der Waals surface area contributed by atoms with Crippen molar-refractivity contribution >= 4 is 15.9 Å². The van der Waals surface area contributed by atoms with Gasteiger partial charge in [-0.2, -0.15) is 18.4 Å². The second kappa shape index (κ2) is 4.12. The summed E-state index contributed by atoms with van der Waals surface area (Å²) in [7, 11) is -3.51. The molecule has 1 aliphatic rings. The van der Waals surface area contributed by atoms with Gasteiger partial charge in [0.1, 0.15) is 0 Å². The Morgan fingerprint density at radius 1 is 1.38 bits per heavy atom. The summed E-state index contributed by atoms with van der Waals surface area (Å²) in [6, 6.07) is 8.36. The third-order valence-electron chi connectivity index (χ3n) is 2.14. The molecule has 84 valence electrons. The van der Waals surface area contributed by atoms with Crippen molar-refractivity contribution in [2.75, 3.05) is 4.72 Å². The predicted molar refractivity (Wildman–Crippen MR) is 59.9 cm³/mol. The molecular formula is C10H11N3O2S. The fourth-order valence-corrected chi connectivity index (χ4v) is 2.43. The standard InChI is InChI=1S/C10H11N3O2S/c11-7-8-2-1-3-10(6-8)13-16(14,15)12-9-4-5-9/h1-3,6,9,12-13H,4-5H2. The number of nitriles is 1. The first kappa shape index (κ1) is 10.9. The Hall–Kier alpha value is -1.58. The molecule has 0 heterocycles. The number of nitrogens with zero attached hydrogens (tertiary/aromatic N) is 1. The third-order valence-corrected chi connectivity index (χ3v) is 3.29. The van der Waals surface area contributed by atoms with Crippen LogP contribution in [0.25, 0.3) is 0 Å². The fourth-order valence-electron chi connectivity index (χ4n) is 1.26. The fraction of sp³-hybridized carbons (Fsp3) is 0.300. The minimum absolute atomic E-state index is 0.0663. The maximum absolute atomic E-state index is 11.5. The third kappa shape index (κ3) is 2.95. The van der Waals surface area contributed by atoms with Crippen LogP contribution in [0.4, 0.5) is 5.69 Å². The molecule has 0 unspecified atom stereocenters. The summed E-state index contributed by atoms with van der Waals surface area (Å²) in [5, 5.41) is 8.67. The first-order valence-electron chi connectivity index (χ1n) is 4.89. The van der Waals surface area contributed by atoms with Crippen LogP contribution in [0.2, 0.25) is 0 Å². The van der Waals surface area contributed by atoms with Crippen LogP contribution in [0.15, 0.2) is 24.3 Å². The molecule has 0 atom stereocenters. The summed E-state index contributed by atoms with van der Waals surface area (Å²) in [4.78, 5) is 0. The molecule has 1 aliphatic carbocycles. The molecule has 1 saturated carbocycles. The molecule has 16 heavy (non-hydrogen) atoms. The van der Waals surface area contributed by atoms with Gasteiger partial charge in [-0.25, -0.2) is 0 Å². The van der Waals surface area contributed by atoms with Gasteiger partial charge >= 0.3 is 0 Å². The molecule has 2 rings (SSSR count). The van der Waals surface area contributed by atoms with Crippen molar-refractivity contribution in [2.24, 2.45) is 0 Å². The smallest absolute Gasteiger partial charge is 0.271 e. The van der Waals surface area contributed by atoms with E-state index in [1.807, 2.05) is 6.07 Å². The van der Waals surface area contributed by atoms with Crippen LogP contribution in [0.5, 0.6) is 0 Å².